The molecule has 5 nitrogen and oxygen atoms in total. The molecule has 23 heavy (non-hydrogen) atoms. The van der Waals surface area contributed by atoms with E-state index < -0.39 is 6.17 Å². The summed E-state index contributed by atoms with van der Waals surface area (Å²) in [4.78, 5) is 22.6. The summed E-state index contributed by atoms with van der Waals surface area (Å²) >= 11 is 0. The Labute approximate surface area is 134 Å². The Morgan fingerprint density at radius 2 is 2.22 bits per heavy atom. The lowest BCUT2D eigenvalue weighted by Crippen LogP contribution is -2.40. The van der Waals surface area contributed by atoms with Crippen LogP contribution in [0.15, 0.2) is 36.5 Å². The third kappa shape index (κ3) is 3.53. The minimum atomic E-state index is -0.953. The lowest BCUT2D eigenvalue weighted by Gasteiger charge is -2.22. The van der Waals surface area contributed by atoms with Crippen LogP contribution in [0.4, 0.5) is 4.39 Å². The number of aromatic nitrogens is 2. The SMILES string of the molecule is CNC[C@@H]1C[C@H](F)CN1C(=O)/C=C/c1cnc2ccccc2n1. The van der Waals surface area contributed by atoms with E-state index >= 15 is 0 Å². The van der Waals surface area contributed by atoms with Crippen molar-refractivity contribution in [3.8, 4) is 0 Å². The first kappa shape index (κ1) is 15.6. The second kappa shape index (κ2) is 6.83. The highest BCUT2D eigenvalue weighted by molar-refractivity contribution is 5.92. The minimum Gasteiger partial charge on any atom is -0.332 e. The number of nitrogens with zero attached hydrogens (tertiary/aromatic N) is 3. The maximum Gasteiger partial charge on any atom is 0.247 e. The number of hydrogen-bond acceptors (Lipinski definition) is 4. The number of hydrogen-bond donors (Lipinski definition) is 1. The van der Waals surface area contributed by atoms with Crippen LogP contribution in [-0.2, 0) is 4.79 Å². The van der Waals surface area contributed by atoms with Gasteiger partial charge in [0, 0.05) is 25.1 Å². The van der Waals surface area contributed by atoms with E-state index in [1.54, 1.807) is 24.2 Å². The third-order valence-electron chi connectivity index (χ3n) is 3.95. The molecule has 2 atom stereocenters. The van der Waals surface area contributed by atoms with Gasteiger partial charge in [0.1, 0.15) is 6.17 Å². The van der Waals surface area contributed by atoms with Crippen molar-refractivity contribution in [2.45, 2.75) is 18.6 Å². The van der Waals surface area contributed by atoms with E-state index in [2.05, 4.69) is 15.3 Å². The molecular weight excluding hydrogens is 295 g/mol. The second-order valence-corrected chi connectivity index (χ2v) is 5.65. The number of halogens is 1. The highest BCUT2D eigenvalue weighted by Gasteiger charge is 2.33. The summed E-state index contributed by atoms with van der Waals surface area (Å²) in [5.74, 6) is -0.194. The molecule has 1 aromatic heterocycles. The summed E-state index contributed by atoms with van der Waals surface area (Å²) in [6.45, 7) is 0.745. The Morgan fingerprint density at radius 1 is 1.43 bits per heavy atom. The van der Waals surface area contributed by atoms with Crippen molar-refractivity contribution in [3.05, 3.63) is 42.2 Å². The highest BCUT2D eigenvalue weighted by atomic mass is 19.1. The van der Waals surface area contributed by atoms with E-state index in [1.807, 2.05) is 24.3 Å². The molecule has 6 heteroatoms. The van der Waals surface area contributed by atoms with Gasteiger partial charge in [-0.1, -0.05) is 12.1 Å². The Balaban J connectivity index is 1.74. The number of carbonyl (C=O) groups is 1. The monoisotopic (exact) mass is 314 g/mol. The first-order valence-corrected chi connectivity index (χ1v) is 7.66. The Bertz CT molecular complexity index is 733. The molecule has 1 aromatic carbocycles. The van der Waals surface area contributed by atoms with E-state index in [0.29, 0.717) is 18.7 Å². The van der Waals surface area contributed by atoms with Crippen LogP contribution in [0.25, 0.3) is 17.1 Å². The molecular formula is C17H19FN4O. The van der Waals surface area contributed by atoms with Gasteiger partial charge in [-0.3, -0.25) is 9.78 Å². The Hall–Kier alpha value is -2.34. The lowest BCUT2D eigenvalue weighted by molar-refractivity contribution is -0.126. The maximum absolute atomic E-state index is 13.6. The number of nitrogens with one attached hydrogen (secondary N) is 1. The van der Waals surface area contributed by atoms with Gasteiger partial charge in [0.25, 0.3) is 0 Å². The number of likely N-dealkylation sites (tertiary alicyclic amines) is 1. The molecule has 0 unspecified atom stereocenters. The zero-order valence-electron chi connectivity index (χ0n) is 12.9. The molecule has 2 heterocycles. The van der Waals surface area contributed by atoms with Crippen molar-refractivity contribution in [2.75, 3.05) is 20.1 Å². The molecule has 1 aliphatic heterocycles. The fourth-order valence-electron chi connectivity index (χ4n) is 2.86. The fraction of sp³-hybridized carbons (Fsp3) is 0.353. The van der Waals surface area contributed by atoms with E-state index in [9.17, 15) is 9.18 Å². The van der Waals surface area contributed by atoms with Gasteiger partial charge in [0.2, 0.25) is 5.91 Å². The van der Waals surface area contributed by atoms with Gasteiger partial charge in [0.15, 0.2) is 0 Å². The van der Waals surface area contributed by atoms with Crippen molar-refractivity contribution >= 4 is 23.0 Å². The summed E-state index contributed by atoms with van der Waals surface area (Å²) in [6, 6.07) is 7.45. The van der Waals surface area contributed by atoms with Gasteiger partial charge < -0.3 is 10.2 Å². The Morgan fingerprint density at radius 3 is 3.00 bits per heavy atom. The third-order valence-corrected chi connectivity index (χ3v) is 3.95. The molecule has 0 saturated carbocycles. The van der Waals surface area contributed by atoms with Crippen LogP contribution < -0.4 is 5.32 Å². The van der Waals surface area contributed by atoms with Crippen LogP contribution in [0.2, 0.25) is 0 Å². The first-order chi connectivity index (χ1) is 11.2. The molecule has 2 aromatic rings. The predicted octanol–water partition coefficient (Wildman–Crippen LogP) is 1.80. The average Bonchev–Trinajstić information content (AvgIpc) is 2.93. The predicted molar refractivity (Wildman–Crippen MR) is 87.5 cm³/mol. The minimum absolute atomic E-state index is 0.102. The highest BCUT2D eigenvalue weighted by Crippen LogP contribution is 2.20. The number of carbonyl (C=O) groups excluding carboxylic acids is 1. The summed E-state index contributed by atoms with van der Waals surface area (Å²) in [5, 5.41) is 3.00. The molecule has 1 saturated heterocycles. The molecule has 3 rings (SSSR count). The molecule has 0 spiro atoms. The smallest absolute Gasteiger partial charge is 0.247 e. The van der Waals surface area contributed by atoms with Crippen molar-refractivity contribution in [2.24, 2.45) is 0 Å². The average molecular weight is 314 g/mol. The zero-order valence-corrected chi connectivity index (χ0v) is 12.9. The number of alkyl halides is 1. The molecule has 1 aliphatic rings. The van der Waals surface area contributed by atoms with Crippen LogP contribution >= 0.6 is 0 Å². The van der Waals surface area contributed by atoms with E-state index in [-0.39, 0.29) is 18.5 Å². The van der Waals surface area contributed by atoms with E-state index in [4.69, 9.17) is 0 Å². The molecule has 0 radical (unpaired) electrons. The van der Waals surface area contributed by atoms with Gasteiger partial charge in [-0.25, -0.2) is 9.37 Å². The fourth-order valence-corrected chi connectivity index (χ4v) is 2.86. The largest absolute Gasteiger partial charge is 0.332 e. The van der Waals surface area contributed by atoms with Gasteiger partial charge >= 0.3 is 0 Å². The molecule has 1 amide bonds. The van der Waals surface area contributed by atoms with E-state index in [1.165, 1.54) is 6.08 Å². The number of para-hydroxylation sites is 2. The summed E-state index contributed by atoms with van der Waals surface area (Å²) in [6.07, 6.45) is 4.13. The van der Waals surface area contributed by atoms with Gasteiger partial charge in [-0.2, -0.15) is 0 Å². The zero-order chi connectivity index (χ0) is 16.2. The van der Waals surface area contributed by atoms with Gasteiger partial charge in [-0.15, -0.1) is 0 Å². The standard InChI is InChI=1S/C17H19FN4O/c1-19-10-14-8-12(18)11-22(14)17(23)7-6-13-9-20-15-4-2-3-5-16(15)21-13/h2-7,9,12,14,19H,8,10-11H2,1H3/b7-6+/t12-,14-/m0/s1. The topological polar surface area (TPSA) is 58.1 Å². The second-order valence-electron chi connectivity index (χ2n) is 5.65. The van der Waals surface area contributed by atoms with Crippen LogP contribution in [0.5, 0.6) is 0 Å². The van der Waals surface area contributed by atoms with Gasteiger partial charge in [0.05, 0.1) is 29.5 Å². The summed E-state index contributed by atoms with van der Waals surface area (Å²) < 4.78 is 13.6. The quantitative estimate of drug-likeness (QED) is 0.874. The van der Waals surface area contributed by atoms with E-state index in [0.717, 1.165) is 11.0 Å². The number of likely N-dealkylation sites (N-methyl/N-ethyl adjacent to an activating group) is 1. The van der Waals surface area contributed by atoms with Crippen molar-refractivity contribution < 1.29 is 9.18 Å². The van der Waals surface area contributed by atoms with Crippen molar-refractivity contribution in [1.29, 1.82) is 0 Å². The molecule has 1 N–H and O–H groups in total. The first-order valence-electron chi connectivity index (χ1n) is 7.66. The molecule has 120 valence electrons. The molecule has 0 bridgehead atoms. The lowest BCUT2D eigenvalue weighted by atomic mass is 10.2. The van der Waals surface area contributed by atoms with Crippen LogP contribution in [0, 0.1) is 0 Å². The van der Waals surface area contributed by atoms with Crippen molar-refractivity contribution in [3.63, 3.8) is 0 Å². The molecule has 0 aliphatic carbocycles. The van der Waals surface area contributed by atoms with Crippen LogP contribution in [0.1, 0.15) is 12.1 Å². The number of amides is 1. The Kier molecular flexibility index (Phi) is 4.62. The van der Waals surface area contributed by atoms with Crippen LogP contribution in [-0.4, -0.2) is 53.1 Å². The number of fused-ring (bicyclic) bond motifs is 1. The maximum atomic E-state index is 13.6. The summed E-state index contributed by atoms with van der Waals surface area (Å²) in [7, 11) is 1.80. The summed E-state index contributed by atoms with van der Waals surface area (Å²) in [5.41, 5.74) is 2.20. The number of rotatable bonds is 4. The molecule has 1 fully saturated rings. The normalized spacial score (nSPS) is 21.4. The number of benzene rings is 1. The van der Waals surface area contributed by atoms with Crippen LogP contribution in [0.3, 0.4) is 0 Å². The van der Waals surface area contributed by atoms with Crippen molar-refractivity contribution in [1.82, 2.24) is 20.2 Å². The van der Waals surface area contributed by atoms with Gasteiger partial charge in [-0.05, 0) is 25.3 Å².